The molecule has 1 N–H and O–H groups in total. The van der Waals surface area contributed by atoms with Crippen LogP contribution in [0.2, 0.25) is 5.02 Å². The van der Waals surface area contributed by atoms with Crippen LogP contribution < -0.4 is 0 Å². The third-order valence-corrected chi connectivity index (χ3v) is 1.87. The van der Waals surface area contributed by atoms with Crippen molar-refractivity contribution in [3.63, 3.8) is 0 Å². The highest BCUT2D eigenvalue weighted by molar-refractivity contribution is 6.30. The number of hydrogen-bond donors (Lipinski definition) is 1. The standard InChI is InChI=1S/C9H9ClFNO/c1-2-3-7(13)9-8(11)6(10)4-5-12-9/h2,4-5,7,13H,1,3H2. The minimum absolute atomic E-state index is 0.0342. The normalized spacial score (nSPS) is 12.5. The minimum atomic E-state index is -0.976. The van der Waals surface area contributed by atoms with Gasteiger partial charge < -0.3 is 5.11 Å². The van der Waals surface area contributed by atoms with E-state index in [1.807, 2.05) is 0 Å². The molecule has 4 heteroatoms. The molecule has 0 aromatic carbocycles. The SMILES string of the molecule is C=CCC(O)c1nccc(Cl)c1F. The number of halogens is 2. The molecular formula is C9H9ClFNO. The maximum absolute atomic E-state index is 13.2. The van der Waals surface area contributed by atoms with Crippen LogP contribution in [-0.2, 0) is 0 Å². The van der Waals surface area contributed by atoms with Crippen LogP contribution in [0, 0.1) is 5.82 Å². The molecule has 0 aliphatic heterocycles. The van der Waals surface area contributed by atoms with Crippen LogP contribution in [0.5, 0.6) is 0 Å². The summed E-state index contributed by atoms with van der Waals surface area (Å²) in [4.78, 5) is 3.70. The molecule has 0 radical (unpaired) electrons. The molecule has 0 spiro atoms. The fourth-order valence-corrected chi connectivity index (χ4v) is 1.09. The Hall–Kier alpha value is -0.930. The van der Waals surface area contributed by atoms with Gasteiger partial charge in [0.2, 0.25) is 0 Å². The van der Waals surface area contributed by atoms with E-state index in [0.717, 1.165) is 0 Å². The van der Waals surface area contributed by atoms with Crippen molar-refractivity contribution in [3.8, 4) is 0 Å². The van der Waals surface area contributed by atoms with E-state index in [9.17, 15) is 9.50 Å². The summed E-state index contributed by atoms with van der Waals surface area (Å²) in [6, 6.07) is 1.33. The van der Waals surface area contributed by atoms with Crippen LogP contribution in [0.25, 0.3) is 0 Å². The summed E-state index contributed by atoms with van der Waals surface area (Å²) in [6.07, 6.45) is 2.13. The van der Waals surface area contributed by atoms with E-state index in [-0.39, 0.29) is 17.1 Å². The molecule has 0 aliphatic rings. The number of hydrogen-bond acceptors (Lipinski definition) is 2. The second kappa shape index (κ2) is 4.35. The average Bonchev–Trinajstić information content (AvgIpc) is 2.10. The highest BCUT2D eigenvalue weighted by Crippen LogP contribution is 2.22. The molecule has 70 valence electrons. The van der Waals surface area contributed by atoms with Gasteiger partial charge in [-0.05, 0) is 12.5 Å². The van der Waals surface area contributed by atoms with Gasteiger partial charge in [-0.25, -0.2) is 4.39 Å². The van der Waals surface area contributed by atoms with Crippen LogP contribution in [0.4, 0.5) is 4.39 Å². The van der Waals surface area contributed by atoms with E-state index in [1.54, 1.807) is 0 Å². The Labute approximate surface area is 80.7 Å². The molecule has 0 bridgehead atoms. The Kier molecular flexibility index (Phi) is 3.39. The van der Waals surface area contributed by atoms with E-state index < -0.39 is 11.9 Å². The number of nitrogens with zero attached hydrogens (tertiary/aromatic N) is 1. The summed E-state index contributed by atoms with van der Waals surface area (Å²) in [5.74, 6) is -0.668. The van der Waals surface area contributed by atoms with Gasteiger partial charge in [-0.2, -0.15) is 0 Å². The van der Waals surface area contributed by atoms with Crippen LogP contribution in [0.1, 0.15) is 18.2 Å². The van der Waals surface area contributed by atoms with E-state index in [1.165, 1.54) is 18.3 Å². The molecular weight excluding hydrogens is 193 g/mol. The topological polar surface area (TPSA) is 33.1 Å². The molecule has 0 saturated carbocycles. The number of rotatable bonds is 3. The summed E-state index contributed by atoms with van der Waals surface area (Å²) < 4.78 is 13.2. The molecule has 0 amide bonds. The molecule has 0 aliphatic carbocycles. The summed E-state index contributed by atoms with van der Waals surface area (Å²) in [6.45, 7) is 3.44. The van der Waals surface area contributed by atoms with Gasteiger partial charge in [-0.1, -0.05) is 17.7 Å². The molecule has 1 heterocycles. The quantitative estimate of drug-likeness (QED) is 0.763. The summed E-state index contributed by atoms with van der Waals surface area (Å²) in [7, 11) is 0. The minimum Gasteiger partial charge on any atom is -0.386 e. The van der Waals surface area contributed by atoms with E-state index >= 15 is 0 Å². The molecule has 1 unspecified atom stereocenters. The fraction of sp³-hybridized carbons (Fsp3) is 0.222. The number of aromatic nitrogens is 1. The highest BCUT2D eigenvalue weighted by Gasteiger charge is 2.14. The van der Waals surface area contributed by atoms with Crippen LogP contribution in [0.15, 0.2) is 24.9 Å². The van der Waals surface area contributed by atoms with Gasteiger partial charge in [0.05, 0.1) is 5.02 Å². The lowest BCUT2D eigenvalue weighted by atomic mass is 10.1. The third kappa shape index (κ3) is 2.26. The second-order valence-corrected chi connectivity index (χ2v) is 2.94. The molecule has 1 rings (SSSR count). The monoisotopic (exact) mass is 201 g/mol. The van der Waals surface area contributed by atoms with Gasteiger partial charge in [-0.3, -0.25) is 4.98 Å². The third-order valence-electron chi connectivity index (χ3n) is 1.57. The maximum atomic E-state index is 13.2. The average molecular weight is 202 g/mol. The number of pyridine rings is 1. The predicted molar refractivity (Wildman–Crippen MR) is 49.0 cm³/mol. The van der Waals surface area contributed by atoms with Crippen molar-refractivity contribution in [2.75, 3.05) is 0 Å². The Balaban J connectivity index is 3.00. The van der Waals surface area contributed by atoms with Gasteiger partial charge in [-0.15, -0.1) is 6.58 Å². The Morgan fingerprint density at radius 3 is 3.08 bits per heavy atom. The number of aliphatic hydroxyl groups is 1. The Bertz CT molecular complexity index is 316. The van der Waals surface area contributed by atoms with Crippen LogP contribution in [-0.4, -0.2) is 10.1 Å². The van der Waals surface area contributed by atoms with E-state index in [0.29, 0.717) is 0 Å². The van der Waals surface area contributed by atoms with Gasteiger partial charge in [0.1, 0.15) is 11.8 Å². The maximum Gasteiger partial charge on any atom is 0.165 e. The number of aliphatic hydroxyl groups excluding tert-OH is 1. The zero-order chi connectivity index (χ0) is 9.84. The van der Waals surface area contributed by atoms with Crippen molar-refractivity contribution >= 4 is 11.6 Å². The first-order valence-electron chi connectivity index (χ1n) is 3.75. The molecule has 1 atom stereocenters. The Morgan fingerprint density at radius 1 is 1.77 bits per heavy atom. The Morgan fingerprint density at radius 2 is 2.46 bits per heavy atom. The second-order valence-electron chi connectivity index (χ2n) is 2.53. The summed E-state index contributed by atoms with van der Waals surface area (Å²) in [5.41, 5.74) is -0.0348. The lowest BCUT2D eigenvalue weighted by molar-refractivity contribution is 0.171. The van der Waals surface area contributed by atoms with Crippen molar-refractivity contribution < 1.29 is 9.50 Å². The fourth-order valence-electron chi connectivity index (χ4n) is 0.937. The lowest BCUT2D eigenvalue weighted by Crippen LogP contribution is -2.02. The van der Waals surface area contributed by atoms with Crippen molar-refractivity contribution in [1.82, 2.24) is 4.98 Å². The summed E-state index contributed by atoms with van der Waals surface area (Å²) in [5, 5.41) is 9.36. The zero-order valence-corrected chi connectivity index (χ0v) is 7.63. The first kappa shape index (κ1) is 10.2. The van der Waals surface area contributed by atoms with Crippen molar-refractivity contribution in [3.05, 3.63) is 41.5 Å². The van der Waals surface area contributed by atoms with Gasteiger partial charge >= 0.3 is 0 Å². The van der Waals surface area contributed by atoms with Crippen LogP contribution >= 0.6 is 11.6 Å². The zero-order valence-electron chi connectivity index (χ0n) is 6.87. The smallest absolute Gasteiger partial charge is 0.165 e. The largest absolute Gasteiger partial charge is 0.386 e. The van der Waals surface area contributed by atoms with Gasteiger partial charge in [0.15, 0.2) is 5.82 Å². The van der Waals surface area contributed by atoms with Crippen molar-refractivity contribution in [2.24, 2.45) is 0 Å². The van der Waals surface area contributed by atoms with Gasteiger partial charge in [0, 0.05) is 6.20 Å². The molecule has 1 aromatic heterocycles. The van der Waals surface area contributed by atoms with Crippen LogP contribution in [0.3, 0.4) is 0 Å². The molecule has 13 heavy (non-hydrogen) atoms. The highest BCUT2D eigenvalue weighted by atomic mass is 35.5. The molecule has 2 nitrogen and oxygen atoms in total. The predicted octanol–water partition coefficient (Wildman–Crippen LogP) is 2.48. The first-order valence-corrected chi connectivity index (χ1v) is 4.13. The van der Waals surface area contributed by atoms with Gasteiger partial charge in [0.25, 0.3) is 0 Å². The first-order chi connectivity index (χ1) is 6.16. The molecule has 1 aromatic rings. The van der Waals surface area contributed by atoms with Crippen molar-refractivity contribution in [2.45, 2.75) is 12.5 Å². The van der Waals surface area contributed by atoms with Crippen molar-refractivity contribution in [1.29, 1.82) is 0 Å². The molecule has 0 saturated heterocycles. The van der Waals surface area contributed by atoms with E-state index in [4.69, 9.17) is 11.6 Å². The van der Waals surface area contributed by atoms with E-state index in [2.05, 4.69) is 11.6 Å². The molecule has 0 fully saturated rings. The summed E-state index contributed by atoms with van der Waals surface area (Å²) >= 11 is 5.51. The lowest BCUT2D eigenvalue weighted by Gasteiger charge is -2.08.